The van der Waals surface area contributed by atoms with Gasteiger partial charge in [0.05, 0.1) is 23.1 Å². The first-order chi connectivity index (χ1) is 21.5. The lowest BCUT2D eigenvalue weighted by Gasteiger charge is -2.47. The van der Waals surface area contributed by atoms with Gasteiger partial charge in [0.2, 0.25) is 10.0 Å². The van der Waals surface area contributed by atoms with E-state index >= 15 is 0 Å². The van der Waals surface area contributed by atoms with Crippen molar-refractivity contribution in [1.82, 2.24) is 4.31 Å². The predicted molar refractivity (Wildman–Crippen MR) is 163 cm³/mol. The van der Waals surface area contributed by atoms with Gasteiger partial charge < -0.3 is 14.2 Å². The summed E-state index contributed by atoms with van der Waals surface area (Å²) in [6, 6.07) is 29.1. The first-order valence-corrected chi connectivity index (χ1v) is 16.3. The maximum Gasteiger partial charge on any atom is 0.573 e. The fourth-order valence-corrected chi connectivity index (χ4v) is 8.26. The van der Waals surface area contributed by atoms with E-state index in [4.69, 9.17) is 9.47 Å². The minimum atomic E-state index is -4.86. The Bertz CT molecular complexity index is 1720. The topological polar surface area (TPSA) is 65.1 Å². The Labute approximate surface area is 261 Å². The highest BCUT2D eigenvalue weighted by Gasteiger charge is 2.54. The van der Waals surface area contributed by atoms with Gasteiger partial charge in [-0.2, -0.15) is 4.31 Å². The summed E-state index contributed by atoms with van der Waals surface area (Å²) in [4.78, 5) is 0.203. The first-order valence-electron chi connectivity index (χ1n) is 14.9. The highest BCUT2D eigenvalue weighted by atomic mass is 32.2. The van der Waals surface area contributed by atoms with Crippen molar-refractivity contribution in [3.8, 4) is 11.5 Å². The number of hydrogen-bond acceptors (Lipinski definition) is 5. The number of sulfonamides is 1. The van der Waals surface area contributed by atoms with Gasteiger partial charge in [-0.05, 0) is 67.6 Å². The second-order valence-electron chi connectivity index (χ2n) is 11.6. The van der Waals surface area contributed by atoms with E-state index in [0.717, 1.165) is 16.7 Å². The summed E-state index contributed by atoms with van der Waals surface area (Å²) in [7, 11) is -3.91. The minimum Gasteiger partial charge on any atom is -0.489 e. The third-order valence-corrected chi connectivity index (χ3v) is 10.4. The van der Waals surface area contributed by atoms with Crippen LogP contribution >= 0.6 is 0 Å². The fraction of sp³-hybridized carbons (Fsp3) is 0.314. The average molecular weight is 638 g/mol. The van der Waals surface area contributed by atoms with Crippen LogP contribution in [0, 0.1) is 6.92 Å². The third-order valence-electron chi connectivity index (χ3n) is 8.56. The summed E-state index contributed by atoms with van der Waals surface area (Å²) in [5.41, 5.74) is 2.26. The molecule has 0 unspecified atom stereocenters. The van der Waals surface area contributed by atoms with Crippen molar-refractivity contribution >= 4 is 10.0 Å². The highest BCUT2D eigenvalue weighted by Crippen LogP contribution is 2.53. The van der Waals surface area contributed by atoms with Crippen LogP contribution < -0.4 is 9.47 Å². The zero-order chi connectivity index (χ0) is 31.7. The average Bonchev–Trinajstić information content (AvgIpc) is 3.44. The predicted octanol–water partition coefficient (Wildman–Crippen LogP) is 7.94. The van der Waals surface area contributed by atoms with Crippen molar-refractivity contribution in [2.24, 2.45) is 0 Å². The number of rotatable bonds is 8. The fourth-order valence-electron chi connectivity index (χ4n) is 6.55. The molecule has 0 saturated carbocycles. The smallest absolute Gasteiger partial charge is 0.489 e. The molecule has 10 heteroatoms. The number of aryl methyl sites for hydroxylation is 1. The quantitative estimate of drug-likeness (QED) is 0.196. The number of halogens is 3. The van der Waals surface area contributed by atoms with E-state index in [2.05, 4.69) is 4.74 Å². The Hall–Kier alpha value is -3.86. The summed E-state index contributed by atoms with van der Waals surface area (Å²) >= 11 is 0. The first kappa shape index (κ1) is 31.1. The van der Waals surface area contributed by atoms with Gasteiger partial charge in [-0.25, -0.2) is 8.42 Å². The summed E-state index contributed by atoms with van der Waals surface area (Å²) < 4.78 is 86.6. The van der Waals surface area contributed by atoms with Gasteiger partial charge in [-0.1, -0.05) is 78.4 Å². The van der Waals surface area contributed by atoms with Gasteiger partial charge in [-0.3, -0.25) is 0 Å². The van der Waals surface area contributed by atoms with E-state index in [9.17, 15) is 21.6 Å². The lowest BCUT2D eigenvalue weighted by molar-refractivity contribution is -0.274. The van der Waals surface area contributed by atoms with Gasteiger partial charge in [0, 0.05) is 18.0 Å². The number of alkyl halides is 3. The maximum atomic E-state index is 14.2. The molecule has 2 aliphatic heterocycles. The summed E-state index contributed by atoms with van der Waals surface area (Å²) in [5.74, 6) is -0.298. The second-order valence-corrected chi connectivity index (χ2v) is 13.5. The van der Waals surface area contributed by atoms with E-state index in [1.54, 1.807) is 24.3 Å². The molecule has 1 spiro atoms. The van der Waals surface area contributed by atoms with Crippen LogP contribution in [0.5, 0.6) is 11.5 Å². The lowest BCUT2D eigenvalue weighted by Crippen LogP contribution is -2.52. The number of ether oxygens (including phenoxy) is 3. The Morgan fingerprint density at radius 1 is 0.933 bits per heavy atom. The number of benzene rings is 4. The Kier molecular flexibility index (Phi) is 8.65. The van der Waals surface area contributed by atoms with E-state index in [1.807, 2.05) is 67.6 Å². The largest absolute Gasteiger partial charge is 0.573 e. The molecule has 3 atom stereocenters. The van der Waals surface area contributed by atoms with Gasteiger partial charge in [0.25, 0.3) is 0 Å². The lowest BCUT2D eigenvalue weighted by atomic mass is 9.76. The zero-order valence-corrected chi connectivity index (χ0v) is 25.6. The van der Waals surface area contributed by atoms with Crippen LogP contribution in [0.15, 0.2) is 108 Å². The van der Waals surface area contributed by atoms with Gasteiger partial charge in [0.15, 0.2) is 0 Å². The zero-order valence-electron chi connectivity index (χ0n) is 24.7. The molecule has 0 bridgehead atoms. The summed E-state index contributed by atoms with van der Waals surface area (Å²) in [6.45, 7) is 2.62. The molecule has 0 radical (unpaired) electrons. The van der Waals surface area contributed by atoms with Gasteiger partial charge in [-0.15, -0.1) is 13.2 Å². The van der Waals surface area contributed by atoms with E-state index in [-0.39, 0.29) is 29.8 Å². The van der Waals surface area contributed by atoms with E-state index in [0.29, 0.717) is 37.1 Å². The van der Waals surface area contributed by atoms with Crippen LogP contribution in [-0.2, 0) is 21.4 Å². The molecular formula is C35H34F3NO5S. The Morgan fingerprint density at radius 2 is 1.62 bits per heavy atom. The maximum absolute atomic E-state index is 14.2. The van der Waals surface area contributed by atoms with Crippen LogP contribution in [0.3, 0.4) is 0 Å². The van der Waals surface area contributed by atoms with Crippen LogP contribution in [-0.4, -0.2) is 37.8 Å². The molecule has 0 aromatic heterocycles. The van der Waals surface area contributed by atoms with Crippen LogP contribution in [0.25, 0.3) is 0 Å². The summed E-state index contributed by atoms with van der Waals surface area (Å²) in [6.07, 6.45) is -3.33. The number of piperidine rings is 1. The molecule has 6 nitrogen and oxygen atoms in total. The molecule has 4 aromatic carbocycles. The molecule has 2 saturated heterocycles. The van der Waals surface area contributed by atoms with Crippen LogP contribution in [0.4, 0.5) is 13.2 Å². The Morgan fingerprint density at radius 3 is 2.31 bits per heavy atom. The van der Waals surface area contributed by atoms with E-state index < -0.39 is 28.0 Å². The molecule has 6 rings (SSSR count). The van der Waals surface area contributed by atoms with Gasteiger partial charge >= 0.3 is 6.36 Å². The van der Waals surface area contributed by atoms with Crippen molar-refractivity contribution in [2.75, 3.05) is 13.2 Å². The molecule has 0 amide bonds. The molecule has 0 aliphatic carbocycles. The molecule has 2 heterocycles. The van der Waals surface area contributed by atoms with Gasteiger partial charge in [0.1, 0.15) is 18.1 Å². The van der Waals surface area contributed by atoms with Crippen molar-refractivity contribution in [3.63, 3.8) is 0 Å². The number of hydrogen-bond donors (Lipinski definition) is 0. The van der Waals surface area contributed by atoms with Crippen LogP contribution in [0.2, 0.25) is 0 Å². The molecule has 45 heavy (non-hydrogen) atoms. The molecule has 0 N–H and O–H groups in total. The van der Waals surface area contributed by atoms with Crippen molar-refractivity contribution in [1.29, 1.82) is 0 Å². The molecule has 236 valence electrons. The highest BCUT2D eigenvalue weighted by molar-refractivity contribution is 7.89. The van der Waals surface area contributed by atoms with Crippen LogP contribution in [0.1, 0.15) is 53.5 Å². The molecule has 2 fully saturated rings. The Balaban J connectivity index is 1.37. The molecule has 4 aromatic rings. The van der Waals surface area contributed by atoms with E-state index in [1.165, 1.54) is 22.5 Å². The number of nitrogens with zero attached hydrogens (tertiary/aromatic N) is 1. The SMILES string of the molecule is Cc1ccc(S(=O)(=O)N2CCC[C@@]3(C[C@H](c4cc(OC(F)(F)F)ccc4OCc4ccccc4)CO3)[C@@H]2c2ccccc2)cc1. The monoisotopic (exact) mass is 637 g/mol. The summed E-state index contributed by atoms with van der Waals surface area (Å²) in [5, 5.41) is 0. The third kappa shape index (κ3) is 6.73. The van der Waals surface area contributed by atoms with Crippen molar-refractivity contribution in [3.05, 3.63) is 125 Å². The standard InChI is InChI=1S/C35H34F3NO5S/c1-25-13-16-30(17-14-25)45(40,41)39-20-8-19-34(33(39)27-11-6-3-7-12-27)22-28(24-43-34)31-21-29(44-35(36,37)38)15-18-32(31)42-23-26-9-4-2-5-10-26/h2-7,9-18,21,28,33H,8,19-20,22-24H2,1H3/t28-,33-,34+/m0/s1. The minimum absolute atomic E-state index is 0.179. The molecule has 2 aliphatic rings. The molecular weight excluding hydrogens is 603 g/mol. The normalized spacial score (nSPS) is 22.4. The van der Waals surface area contributed by atoms with Crippen molar-refractivity contribution < 1.29 is 35.8 Å². The van der Waals surface area contributed by atoms with Crippen molar-refractivity contribution in [2.45, 2.75) is 61.6 Å². The second kappa shape index (κ2) is 12.5.